The molecule has 0 saturated heterocycles. The SMILES string of the molecule is [C-]#[N+]c1c(-c2cccc3c2sc2ccccc23)c(-n2c3ccccc3c3ccc4c5ccccc5sc4c32)c(-n2c3ccccc3c3ccc4c5ccccc5sc4c32)c(C#N)c1-n1c2ccccc2c2ccc3c4ccccc4sc3c21. The lowest BCUT2D eigenvalue weighted by atomic mass is 9.93. The van der Waals surface area contributed by atoms with Crippen LogP contribution in [0.2, 0.25) is 0 Å². The number of benzene rings is 12. The maximum absolute atomic E-state index is 13.0. The molecule has 19 aromatic rings. The van der Waals surface area contributed by atoms with Crippen LogP contribution in [0.25, 0.3) is 179 Å². The number of aromatic nitrogens is 3. The molecule has 382 valence electrons. The van der Waals surface area contributed by atoms with E-state index in [4.69, 9.17) is 4.85 Å². The molecule has 0 aliphatic rings. The molecule has 7 heterocycles. The second kappa shape index (κ2) is 16.7. The van der Waals surface area contributed by atoms with Gasteiger partial charge in [-0.15, -0.1) is 45.3 Å². The fraction of sp³-hybridized carbons (Fsp3) is 0. The number of fused-ring (bicyclic) bond motifs is 24. The van der Waals surface area contributed by atoms with Gasteiger partial charge in [-0.25, -0.2) is 4.85 Å². The molecule has 5 nitrogen and oxygen atoms in total. The van der Waals surface area contributed by atoms with Gasteiger partial charge in [0.15, 0.2) is 0 Å². The summed E-state index contributed by atoms with van der Waals surface area (Å²) in [5.74, 6) is 0. The summed E-state index contributed by atoms with van der Waals surface area (Å²) in [6, 6.07) is 84.2. The third-order valence-electron chi connectivity index (χ3n) is 17.5. The Balaban J connectivity index is 1.15. The number of nitrogens with zero attached hydrogens (tertiary/aromatic N) is 5. The molecule has 0 fully saturated rings. The van der Waals surface area contributed by atoms with Crippen LogP contribution in [0.1, 0.15) is 5.56 Å². The second-order valence-electron chi connectivity index (χ2n) is 21.5. The highest BCUT2D eigenvalue weighted by atomic mass is 32.1. The zero-order valence-corrected chi connectivity index (χ0v) is 47.0. The summed E-state index contributed by atoms with van der Waals surface area (Å²) in [4.78, 5) is 4.93. The van der Waals surface area contributed by atoms with Gasteiger partial charge < -0.3 is 13.7 Å². The van der Waals surface area contributed by atoms with Crippen LogP contribution in [0.15, 0.2) is 224 Å². The van der Waals surface area contributed by atoms with Gasteiger partial charge in [-0.2, -0.15) is 5.26 Å². The Hall–Kier alpha value is -10.1. The lowest BCUT2D eigenvalue weighted by Gasteiger charge is -2.27. The Bertz CT molecular complexity index is 6230. The molecular weight excluding hydrogens is 1090 g/mol. The fourth-order valence-electron chi connectivity index (χ4n) is 14.2. The van der Waals surface area contributed by atoms with Gasteiger partial charge in [0.2, 0.25) is 5.69 Å². The molecule has 19 rings (SSSR count). The van der Waals surface area contributed by atoms with E-state index in [-0.39, 0.29) is 0 Å². The average Bonchev–Trinajstić information content (AvgIpc) is 1.77. The Morgan fingerprint density at radius 1 is 0.313 bits per heavy atom. The lowest BCUT2D eigenvalue weighted by molar-refractivity contribution is 1.08. The highest BCUT2D eigenvalue weighted by Crippen LogP contribution is 2.57. The molecule has 7 aromatic heterocycles. The summed E-state index contributed by atoms with van der Waals surface area (Å²) < 4.78 is 16.4. The molecule has 0 spiro atoms. The van der Waals surface area contributed by atoms with E-state index in [0.29, 0.717) is 16.9 Å². The van der Waals surface area contributed by atoms with Gasteiger partial charge in [0, 0.05) is 104 Å². The smallest absolute Gasteiger partial charge is 0.221 e. The van der Waals surface area contributed by atoms with Gasteiger partial charge in [0.05, 0.1) is 76.4 Å². The monoisotopic (exact) mass is 1120 g/mol. The Morgan fingerprint density at radius 3 is 1.05 bits per heavy atom. The minimum atomic E-state index is 0.410. The van der Waals surface area contributed by atoms with E-state index >= 15 is 0 Å². The first-order chi connectivity index (χ1) is 41.1. The molecule has 0 radical (unpaired) electrons. The number of para-hydroxylation sites is 3. The summed E-state index contributed by atoms with van der Waals surface area (Å²) in [5, 5.41) is 28.9. The number of hydrogen-bond acceptors (Lipinski definition) is 5. The summed E-state index contributed by atoms with van der Waals surface area (Å²) in [7, 11) is 0. The third kappa shape index (κ3) is 5.91. The molecule has 0 N–H and O–H groups in total. The van der Waals surface area contributed by atoms with Crippen LogP contribution in [-0.4, -0.2) is 13.7 Å². The minimum Gasteiger partial charge on any atom is -0.316 e. The van der Waals surface area contributed by atoms with Gasteiger partial charge in [0.1, 0.15) is 6.07 Å². The van der Waals surface area contributed by atoms with Crippen molar-refractivity contribution in [1.82, 2.24) is 13.7 Å². The minimum absolute atomic E-state index is 0.410. The van der Waals surface area contributed by atoms with Crippen molar-refractivity contribution in [3.8, 4) is 34.3 Å². The number of rotatable bonds is 4. The molecule has 0 aliphatic heterocycles. The highest BCUT2D eigenvalue weighted by Gasteiger charge is 2.35. The van der Waals surface area contributed by atoms with Gasteiger partial charge in [-0.05, 0) is 48.0 Å². The van der Waals surface area contributed by atoms with E-state index in [2.05, 4.69) is 244 Å². The van der Waals surface area contributed by atoms with Crippen LogP contribution in [-0.2, 0) is 0 Å². The third-order valence-corrected chi connectivity index (χ3v) is 22.3. The van der Waals surface area contributed by atoms with E-state index < -0.39 is 0 Å². The van der Waals surface area contributed by atoms with E-state index in [0.717, 1.165) is 123 Å². The first-order valence-corrected chi connectivity index (χ1v) is 30.8. The van der Waals surface area contributed by atoms with E-state index in [9.17, 15) is 11.8 Å². The van der Waals surface area contributed by atoms with Crippen LogP contribution < -0.4 is 0 Å². The standard InChI is InChI=1S/C74H37N5S4/c1-76-64-63(54-25-16-24-50-43-20-5-12-29-59(43)80-71(50)54)70(79-58-28-11-4-19-42(58)49-35-38-53-46-23-8-15-32-62(46)83-74(53)69(49)79)66(78-57-27-10-3-18-41(57)48-34-37-52-45-22-7-14-31-61(45)82-73(52)68(48)78)55(39-75)65(64)77-56-26-9-2-17-40(56)47-33-36-51-44-21-6-13-30-60(44)81-72(51)67(47)77/h2-38H. The van der Waals surface area contributed by atoms with E-state index in [1.54, 1.807) is 34.0 Å². The van der Waals surface area contributed by atoms with Gasteiger partial charge in [-0.1, -0.05) is 182 Å². The predicted octanol–water partition coefficient (Wildman–Crippen LogP) is 22.5. The zero-order valence-electron chi connectivity index (χ0n) is 43.7. The Morgan fingerprint density at radius 2 is 0.639 bits per heavy atom. The lowest BCUT2D eigenvalue weighted by Crippen LogP contribution is -2.12. The van der Waals surface area contributed by atoms with Crippen molar-refractivity contribution in [3.63, 3.8) is 0 Å². The first-order valence-electron chi connectivity index (χ1n) is 27.6. The number of thiophene rings is 4. The quantitative estimate of drug-likeness (QED) is 0.162. The number of nitriles is 1. The zero-order chi connectivity index (χ0) is 54.3. The van der Waals surface area contributed by atoms with Crippen LogP contribution in [0.4, 0.5) is 5.69 Å². The van der Waals surface area contributed by atoms with Crippen LogP contribution >= 0.6 is 45.3 Å². The maximum Gasteiger partial charge on any atom is 0.221 e. The molecule has 83 heavy (non-hydrogen) atoms. The summed E-state index contributed by atoms with van der Waals surface area (Å²) in [5.41, 5.74) is 10.5. The molecule has 0 aliphatic carbocycles. The molecule has 0 saturated carbocycles. The van der Waals surface area contributed by atoms with Crippen LogP contribution in [0.3, 0.4) is 0 Å². The van der Waals surface area contributed by atoms with Crippen molar-refractivity contribution in [2.45, 2.75) is 0 Å². The predicted molar refractivity (Wildman–Crippen MR) is 357 cm³/mol. The van der Waals surface area contributed by atoms with Crippen LogP contribution in [0, 0.1) is 17.9 Å². The average molecular weight is 1120 g/mol. The fourth-order valence-corrected chi connectivity index (χ4v) is 19.1. The van der Waals surface area contributed by atoms with Crippen molar-refractivity contribution >= 4 is 197 Å². The van der Waals surface area contributed by atoms with E-state index in [1.807, 2.05) is 11.3 Å². The largest absolute Gasteiger partial charge is 0.316 e. The molecule has 0 bridgehead atoms. The van der Waals surface area contributed by atoms with Crippen molar-refractivity contribution in [1.29, 1.82) is 5.26 Å². The van der Waals surface area contributed by atoms with Crippen molar-refractivity contribution in [2.75, 3.05) is 0 Å². The first kappa shape index (κ1) is 45.6. The van der Waals surface area contributed by atoms with Gasteiger partial charge in [0.25, 0.3) is 0 Å². The summed E-state index contributed by atoms with van der Waals surface area (Å²) in [6.07, 6.45) is 0. The maximum atomic E-state index is 13.0. The molecule has 9 heteroatoms. The topological polar surface area (TPSA) is 42.9 Å². The van der Waals surface area contributed by atoms with Crippen LogP contribution in [0.5, 0.6) is 0 Å². The van der Waals surface area contributed by atoms with Gasteiger partial charge >= 0.3 is 0 Å². The molecule has 0 unspecified atom stereocenters. The summed E-state index contributed by atoms with van der Waals surface area (Å²) >= 11 is 7.16. The number of hydrogen-bond donors (Lipinski definition) is 0. The van der Waals surface area contributed by atoms with Crippen molar-refractivity contribution in [3.05, 3.63) is 241 Å². The van der Waals surface area contributed by atoms with Gasteiger partial charge in [-0.3, -0.25) is 0 Å². The Labute approximate surface area is 488 Å². The second-order valence-corrected chi connectivity index (χ2v) is 25.7. The summed E-state index contributed by atoms with van der Waals surface area (Å²) in [6.45, 7) is 10.1. The van der Waals surface area contributed by atoms with Crippen molar-refractivity contribution < 1.29 is 0 Å². The van der Waals surface area contributed by atoms with E-state index in [1.165, 1.54) is 45.7 Å². The molecule has 0 atom stereocenters. The Kier molecular flexibility index (Phi) is 9.20. The molecular formula is C74H37N5S4. The normalized spacial score (nSPS) is 12.3. The molecule has 12 aromatic carbocycles. The van der Waals surface area contributed by atoms with Crippen molar-refractivity contribution in [2.24, 2.45) is 0 Å². The molecule has 0 amide bonds. The highest BCUT2D eigenvalue weighted by molar-refractivity contribution is 7.28.